The summed E-state index contributed by atoms with van der Waals surface area (Å²) in [5.74, 6) is 0.172. The molecule has 1 amide bonds. The zero-order chi connectivity index (χ0) is 10.6. The van der Waals surface area contributed by atoms with Crippen molar-refractivity contribution in [1.82, 2.24) is 4.90 Å². The maximum absolute atomic E-state index is 12.1. The molecule has 1 aliphatic heterocycles. The molecule has 1 aliphatic rings. The molecule has 4 heteroatoms. The Kier molecular flexibility index (Phi) is 3.89. The lowest BCUT2D eigenvalue weighted by Gasteiger charge is -2.35. The Morgan fingerprint density at radius 3 is 2.50 bits per heavy atom. The molecule has 0 aromatic carbocycles. The van der Waals surface area contributed by atoms with Gasteiger partial charge >= 0.3 is 0 Å². The van der Waals surface area contributed by atoms with Crippen molar-refractivity contribution in [2.75, 3.05) is 32.8 Å². The van der Waals surface area contributed by atoms with Crippen LogP contribution in [0.25, 0.3) is 0 Å². The SMILES string of the molecule is CCC(C)(CN)C(=O)N1CCOCC1. The second-order valence-corrected chi connectivity index (χ2v) is 4.02. The van der Waals surface area contributed by atoms with Gasteiger partial charge in [0, 0.05) is 19.6 Å². The van der Waals surface area contributed by atoms with Crippen molar-refractivity contribution >= 4 is 5.91 Å². The summed E-state index contributed by atoms with van der Waals surface area (Å²) in [6.07, 6.45) is 0.791. The van der Waals surface area contributed by atoms with Gasteiger partial charge in [0.05, 0.1) is 18.6 Å². The van der Waals surface area contributed by atoms with Gasteiger partial charge in [0.1, 0.15) is 0 Å². The molecule has 0 spiro atoms. The minimum absolute atomic E-state index is 0.172. The summed E-state index contributed by atoms with van der Waals surface area (Å²) in [6, 6.07) is 0. The quantitative estimate of drug-likeness (QED) is 0.709. The Morgan fingerprint density at radius 1 is 1.50 bits per heavy atom. The van der Waals surface area contributed by atoms with Gasteiger partial charge in [0.15, 0.2) is 0 Å². The van der Waals surface area contributed by atoms with Crippen molar-refractivity contribution in [2.24, 2.45) is 11.1 Å². The molecule has 14 heavy (non-hydrogen) atoms. The molecule has 0 saturated carbocycles. The highest BCUT2D eigenvalue weighted by Gasteiger charge is 2.34. The van der Waals surface area contributed by atoms with Crippen molar-refractivity contribution in [3.05, 3.63) is 0 Å². The van der Waals surface area contributed by atoms with Crippen molar-refractivity contribution in [3.8, 4) is 0 Å². The van der Waals surface area contributed by atoms with E-state index >= 15 is 0 Å². The van der Waals surface area contributed by atoms with Gasteiger partial charge in [-0.15, -0.1) is 0 Å². The van der Waals surface area contributed by atoms with E-state index in [-0.39, 0.29) is 5.91 Å². The third-order valence-electron chi connectivity index (χ3n) is 3.05. The Labute approximate surface area is 85.4 Å². The van der Waals surface area contributed by atoms with Crippen molar-refractivity contribution < 1.29 is 9.53 Å². The number of carbonyl (C=O) groups is 1. The van der Waals surface area contributed by atoms with Crippen LogP contribution in [0.4, 0.5) is 0 Å². The van der Waals surface area contributed by atoms with Gasteiger partial charge in [-0.2, -0.15) is 0 Å². The summed E-state index contributed by atoms with van der Waals surface area (Å²) in [5.41, 5.74) is 5.25. The van der Waals surface area contributed by atoms with E-state index in [2.05, 4.69) is 0 Å². The molecule has 0 aromatic rings. The maximum Gasteiger partial charge on any atom is 0.229 e. The van der Waals surface area contributed by atoms with Crippen LogP contribution in [0.5, 0.6) is 0 Å². The van der Waals surface area contributed by atoms with Crippen LogP contribution in [0, 0.1) is 5.41 Å². The van der Waals surface area contributed by atoms with E-state index in [1.807, 2.05) is 18.7 Å². The average molecular weight is 200 g/mol. The first-order valence-corrected chi connectivity index (χ1v) is 5.21. The topological polar surface area (TPSA) is 55.6 Å². The third-order valence-corrected chi connectivity index (χ3v) is 3.05. The van der Waals surface area contributed by atoms with Gasteiger partial charge in [0.2, 0.25) is 5.91 Å². The fourth-order valence-corrected chi connectivity index (χ4v) is 1.53. The lowest BCUT2D eigenvalue weighted by Crippen LogP contribution is -2.50. The molecule has 0 bridgehead atoms. The van der Waals surface area contributed by atoms with Crippen molar-refractivity contribution in [3.63, 3.8) is 0 Å². The molecule has 4 nitrogen and oxygen atoms in total. The average Bonchev–Trinajstić information content (AvgIpc) is 2.28. The number of nitrogens with two attached hydrogens (primary N) is 1. The van der Waals surface area contributed by atoms with Crippen LogP contribution in [0.2, 0.25) is 0 Å². The van der Waals surface area contributed by atoms with Crippen molar-refractivity contribution in [2.45, 2.75) is 20.3 Å². The van der Waals surface area contributed by atoms with E-state index < -0.39 is 5.41 Å². The smallest absolute Gasteiger partial charge is 0.229 e. The standard InChI is InChI=1S/C10H20N2O2/c1-3-10(2,8-11)9(13)12-4-6-14-7-5-12/h3-8,11H2,1-2H3. The third kappa shape index (κ3) is 2.25. The molecule has 1 heterocycles. The maximum atomic E-state index is 12.1. The van der Waals surface area contributed by atoms with Crippen LogP contribution in [0.3, 0.4) is 0 Å². The zero-order valence-electron chi connectivity index (χ0n) is 9.08. The molecule has 1 saturated heterocycles. The summed E-state index contributed by atoms with van der Waals surface area (Å²) >= 11 is 0. The molecular weight excluding hydrogens is 180 g/mol. The van der Waals surface area contributed by atoms with Gasteiger partial charge in [-0.3, -0.25) is 4.79 Å². The first kappa shape index (κ1) is 11.5. The van der Waals surface area contributed by atoms with Crippen LogP contribution in [0.15, 0.2) is 0 Å². The first-order chi connectivity index (χ1) is 6.64. The zero-order valence-corrected chi connectivity index (χ0v) is 9.08. The molecule has 0 aromatic heterocycles. The monoisotopic (exact) mass is 200 g/mol. The molecule has 1 fully saturated rings. The summed E-state index contributed by atoms with van der Waals surface area (Å²) < 4.78 is 5.20. The second-order valence-electron chi connectivity index (χ2n) is 4.02. The Hall–Kier alpha value is -0.610. The highest BCUT2D eigenvalue weighted by atomic mass is 16.5. The van der Waals surface area contributed by atoms with Gasteiger partial charge in [-0.05, 0) is 13.3 Å². The Morgan fingerprint density at radius 2 is 2.07 bits per heavy atom. The largest absolute Gasteiger partial charge is 0.378 e. The molecule has 0 aliphatic carbocycles. The number of nitrogens with zero attached hydrogens (tertiary/aromatic N) is 1. The molecule has 82 valence electrons. The lowest BCUT2D eigenvalue weighted by molar-refractivity contribution is -0.145. The Balaban J connectivity index is 2.61. The predicted octanol–water partition coefficient (Wildman–Crippen LogP) is 0.220. The molecule has 1 rings (SSSR count). The Bertz CT molecular complexity index is 196. The lowest BCUT2D eigenvalue weighted by atomic mass is 9.86. The fourth-order valence-electron chi connectivity index (χ4n) is 1.53. The minimum Gasteiger partial charge on any atom is -0.378 e. The molecule has 1 atom stereocenters. The van der Waals surface area contributed by atoms with Gasteiger partial charge in [0.25, 0.3) is 0 Å². The summed E-state index contributed by atoms with van der Waals surface area (Å²) in [7, 11) is 0. The van der Waals surface area contributed by atoms with E-state index in [9.17, 15) is 4.79 Å². The predicted molar refractivity (Wildman–Crippen MR) is 54.9 cm³/mol. The summed E-state index contributed by atoms with van der Waals surface area (Å²) in [4.78, 5) is 13.9. The number of hydrogen-bond acceptors (Lipinski definition) is 3. The molecule has 2 N–H and O–H groups in total. The number of amides is 1. The molecular formula is C10H20N2O2. The van der Waals surface area contributed by atoms with Crippen molar-refractivity contribution in [1.29, 1.82) is 0 Å². The van der Waals surface area contributed by atoms with E-state index in [1.54, 1.807) is 0 Å². The van der Waals surface area contributed by atoms with E-state index in [0.29, 0.717) is 32.8 Å². The number of morpholine rings is 1. The number of hydrogen-bond donors (Lipinski definition) is 1. The molecule has 1 unspecified atom stereocenters. The highest BCUT2D eigenvalue weighted by Crippen LogP contribution is 2.22. The number of carbonyl (C=O) groups excluding carboxylic acids is 1. The fraction of sp³-hybridized carbons (Fsp3) is 0.900. The van der Waals surface area contributed by atoms with Gasteiger partial charge in [-0.25, -0.2) is 0 Å². The summed E-state index contributed by atoms with van der Waals surface area (Å²) in [6.45, 7) is 7.06. The van der Waals surface area contributed by atoms with Crippen LogP contribution < -0.4 is 5.73 Å². The van der Waals surface area contributed by atoms with Gasteiger partial charge in [-0.1, -0.05) is 6.92 Å². The van der Waals surface area contributed by atoms with Crippen LogP contribution in [-0.2, 0) is 9.53 Å². The van der Waals surface area contributed by atoms with E-state index in [1.165, 1.54) is 0 Å². The van der Waals surface area contributed by atoms with E-state index in [4.69, 9.17) is 10.5 Å². The summed E-state index contributed by atoms with van der Waals surface area (Å²) in [5, 5.41) is 0. The highest BCUT2D eigenvalue weighted by molar-refractivity contribution is 5.82. The normalized spacial score (nSPS) is 21.8. The minimum atomic E-state index is -0.392. The van der Waals surface area contributed by atoms with Crippen LogP contribution in [-0.4, -0.2) is 43.7 Å². The van der Waals surface area contributed by atoms with Crippen LogP contribution in [0.1, 0.15) is 20.3 Å². The van der Waals surface area contributed by atoms with Crippen LogP contribution >= 0.6 is 0 Å². The second kappa shape index (κ2) is 4.75. The molecule has 0 radical (unpaired) electrons. The van der Waals surface area contributed by atoms with Gasteiger partial charge < -0.3 is 15.4 Å². The number of rotatable bonds is 3. The number of ether oxygens (including phenoxy) is 1. The first-order valence-electron chi connectivity index (χ1n) is 5.21. The van der Waals surface area contributed by atoms with E-state index in [0.717, 1.165) is 6.42 Å².